The lowest BCUT2D eigenvalue weighted by Crippen LogP contribution is -2.27. The van der Waals surface area contributed by atoms with Crippen LogP contribution in [0.5, 0.6) is 5.75 Å². The second-order valence-electron chi connectivity index (χ2n) is 6.43. The molecule has 0 spiro atoms. The second kappa shape index (κ2) is 9.08. The average Bonchev–Trinajstić information content (AvgIpc) is 2.78. The third-order valence-electron chi connectivity index (χ3n) is 4.55. The zero-order valence-corrected chi connectivity index (χ0v) is 18.2. The molecular weight excluding hydrogens is 438 g/mol. The van der Waals surface area contributed by atoms with Gasteiger partial charge in [0.2, 0.25) is 0 Å². The molecule has 9 heteroatoms. The monoisotopic (exact) mass is 455 g/mol. The van der Waals surface area contributed by atoms with Crippen LogP contribution in [0, 0.1) is 11.3 Å². The maximum absolute atomic E-state index is 13.0. The highest BCUT2D eigenvalue weighted by Crippen LogP contribution is 2.31. The number of hydrogen-bond donors (Lipinski definition) is 1. The number of para-hydroxylation sites is 2. The zero-order chi connectivity index (χ0) is 22.6. The Bertz CT molecular complexity index is 1270. The number of anilines is 2. The van der Waals surface area contributed by atoms with E-state index in [0.29, 0.717) is 22.7 Å². The number of ether oxygens (including phenoxy) is 1. The van der Waals surface area contributed by atoms with Crippen LogP contribution in [0.4, 0.5) is 11.4 Å². The van der Waals surface area contributed by atoms with Gasteiger partial charge >= 0.3 is 0 Å². The maximum atomic E-state index is 13.0. The third-order valence-corrected chi connectivity index (χ3v) is 6.65. The lowest BCUT2D eigenvalue weighted by Gasteiger charge is -2.21. The molecule has 0 saturated heterocycles. The summed E-state index contributed by atoms with van der Waals surface area (Å²) < 4.78 is 32.4. The van der Waals surface area contributed by atoms with Crippen LogP contribution in [0.2, 0.25) is 5.02 Å². The Balaban J connectivity index is 1.81. The summed E-state index contributed by atoms with van der Waals surface area (Å²) in [7, 11) is -0.967. The summed E-state index contributed by atoms with van der Waals surface area (Å²) in [6.45, 7) is 0. The number of halogens is 1. The van der Waals surface area contributed by atoms with Crippen molar-refractivity contribution in [2.24, 2.45) is 0 Å². The summed E-state index contributed by atoms with van der Waals surface area (Å²) in [5.74, 6) is -0.0199. The number of carbonyl (C=O) groups is 1. The molecule has 1 amide bonds. The van der Waals surface area contributed by atoms with E-state index in [1.807, 2.05) is 6.07 Å². The van der Waals surface area contributed by atoms with Gasteiger partial charge in [-0.25, -0.2) is 8.42 Å². The van der Waals surface area contributed by atoms with Crippen LogP contribution in [-0.4, -0.2) is 28.5 Å². The van der Waals surface area contributed by atoms with Crippen molar-refractivity contribution < 1.29 is 17.9 Å². The molecular formula is C22H18ClN3O4S. The van der Waals surface area contributed by atoms with E-state index in [4.69, 9.17) is 21.6 Å². The number of sulfonamides is 1. The van der Waals surface area contributed by atoms with E-state index in [1.165, 1.54) is 50.6 Å². The van der Waals surface area contributed by atoms with Crippen LogP contribution >= 0.6 is 11.6 Å². The lowest BCUT2D eigenvalue weighted by atomic mass is 10.2. The summed E-state index contributed by atoms with van der Waals surface area (Å²) in [5.41, 5.74) is 1.37. The number of nitriles is 1. The highest BCUT2D eigenvalue weighted by atomic mass is 35.5. The van der Waals surface area contributed by atoms with E-state index in [0.717, 1.165) is 4.31 Å². The first-order valence-corrected chi connectivity index (χ1v) is 10.8. The fraction of sp³-hybridized carbons (Fsp3) is 0.0909. The van der Waals surface area contributed by atoms with Gasteiger partial charge in [0.25, 0.3) is 15.9 Å². The average molecular weight is 456 g/mol. The van der Waals surface area contributed by atoms with E-state index in [9.17, 15) is 13.2 Å². The Hall–Kier alpha value is -3.54. The molecule has 158 valence electrons. The van der Waals surface area contributed by atoms with Crippen molar-refractivity contribution in [3.8, 4) is 11.8 Å². The van der Waals surface area contributed by atoms with Crippen molar-refractivity contribution in [1.82, 2.24) is 0 Å². The molecule has 0 aliphatic heterocycles. The lowest BCUT2D eigenvalue weighted by molar-refractivity contribution is 0.102. The smallest absolute Gasteiger partial charge is 0.264 e. The Kier molecular flexibility index (Phi) is 6.49. The van der Waals surface area contributed by atoms with Crippen LogP contribution in [0.25, 0.3) is 0 Å². The number of methoxy groups -OCH3 is 1. The normalized spacial score (nSPS) is 10.8. The fourth-order valence-corrected chi connectivity index (χ4v) is 4.27. The standard InChI is InChI=1S/C22H18ClN3O4S/c1-26(20-5-3-4-6-21(20)30-2)31(28,29)18-11-8-15(9-12-18)22(27)25-17-10-7-16(14-24)19(23)13-17/h3-13H,1-2H3,(H,25,27). The molecule has 0 fully saturated rings. The van der Waals surface area contributed by atoms with Crippen LogP contribution in [0.1, 0.15) is 15.9 Å². The molecule has 0 unspecified atom stereocenters. The molecule has 0 aliphatic carbocycles. The summed E-state index contributed by atoms with van der Waals surface area (Å²) >= 11 is 5.98. The van der Waals surface area contributed by atoms with Gasteiger partial charge in [-0.05, 0) is 54.6 Å². The minimum Gasteiger partial charge on any atom is -0.495 e. The number of nitrogens with one attached hydrogen (secondary N) is 1. The molecule has 3 aromatic carbocycles. The summed E-state index contributed by atoms with van der Waals surface area (Å²) in [4.78, 5) is 12.5. The Morgan fingerprint density at radius 1 is 1.10 bits per heavy atom. The van der Waals surface area contributed by atoms with Crippen LogP contribution in [-0.2, 0) is 10.0 Å². The van der Waals surface area contributed by atoms with Gasteiger partial charge in [0.1, 0.15) is 11.8 Å². The van der Waals surface area contributed by atoms with E-state index in [2.05, 4.69) is 5.32 Å². The highest BCUT2D eigenvalue weighted by molar-refractivity contribution is 7.92. The van der Waals surface area contributed by atoms with E-state index in [-0.39, 0.29) is 15.5 Å². The van der Waals surface area contributed by atoms with E-state index < -0.39 is 15.9 Å². The molecule has 0 radical (unpaired) electrons. The minimum absolute atomic E-state index is 0.0267. The SMILES string of the molecule is COc1ccccc1N(C)S(=O)(=O)c1ccc(C(=O)Nc2ccc(C#N)c(Cl)c2)cc1. The minimum atomic E-state index is -3.87. The third kappa shape index (κ3) is 4.63. The topological polar surface area (TPSA) is 99.5 Å². The number of benzene rings is 3. The van der Waals surface area contributed by atoms with Gasteiger partial charge in [0, 0.05) is 18.3 Å². The molecule has 3 aromatic rings. The number of rotatable bonds is 6. The largest absolute Gasteiger partial charge is 0.495 e. The molecule has 0 aromatic heterocycles. The van der Waals surface area contributed by atoms with E-state index >= 15 is 0 Å². The molecule has 0 saturated carbocycles. The van der Waals surface area contributed by atoms with E-state index in [1.54, 1.807) is 30.3 Å². The second-order valence-corrected chi connectivity index (χ2v) is 8.81. The van der Waals surface area contributed by atoms with Gasteiger partial charge in [-0.15, -0.1) is 0 Å². The molecule has 7 nitrogen and oxygen atoms in total. The highest BCUT2D eigenvalue weighted by Gasteiger charge is 2.24. The predicted molar refractivity (Wildman–Crippen MR) is 119 cm³/mol. The number of nitrogens with zero attached hydrogens (tertiary/aromatic N) is 2. The van der Waals surface area contributed by atoms with Gasteiger partial charge in [-0.2, -0.15) is 5.26 Å². The molecule has 0 atom stereocenters. The van der Waals surface area contributed by atoms with Gasteiger partial charge in [0.05, 0.1) is 28.3 Å². The predicted octanol–water partition coefficient (Wildman–Crippen LogP) is 4.30. The first-order chi connectivity index (χ1) is 14.8. The van der Waals surface area contributed by atoms with Crippen LogP contribution in [0.15, 0.2) is 71.6 Å². The summed E-state index contributed by atoms with van der Waals surface area (Å²) in [6.07, 6.45) is 0. The molecule has 31 heavy (non-hydrogen) atoms. The van der Waals surface area contributed by atoms with Crippen molar-refractivity contribution >= 4 is 38.9 Å². The van der Waals surface area contributed by atoms with Gasteiger partial charge in [-0.3, -0.25) is 9.10 Å². The summed E-state index contributed by atoms with van der Waals surface area (Å²) in [5, 5.41) is 11.8. The first-order valence-electron chi connectivity index (χ1n) is 9.01. The van der Waals surface area contributed by atoms with Crippen molar-refractivity contribution in [3.63, 3.8) is 0 Å². The fourth-order valence-electron chi connectivity index (χ4n) is 2.84. The quantitative estimate of drug-likeness (QED) is 0.597. The van der Waals surface area contributed by atoms with Crippen molar-refractivity contribution in [3.05, 3.63) is 82.9 Å². The molecule has 3 rings (SSSR count). The Morgan fingerprint density at radius 2 is 1.77 bits per heavy atom. The first kappa shape index (κ1) is 22.2. The molecule has 0 aliphatic rings. The molecule has 1 N–H and O–H groups in total. The van der Waals surface area contributed by atoms with Crippen molar-refractivity contribution in [2.45, 2.75) is 4.90 Å². The van der Waals surface area contributed by atoms with Gasteiger partial charge in [-0.1, -0.05) is 23.7 Å². The molecule has 0 heterocycles. The van der Waals surface area contributed by atoms with Crippen molar-refractivity contribution in [2.75, 3.05) is 23.8 Å². The van der Waals surface area contributed by atoms with Crippen molar-refractivity contribution in [1.29, 1.82) is 5.26 Å². The number of amides is 1. The maximum Gasteiger partial charge on any atom is 0.264 e. The van der Waals surface area contributed by atoms with Crippen LogP contribution < -0.4 is 14.4 Å². The van der Waals surface area contributed by atoms with Gasteiger partial charge in [0.15, 0.2) is 0 Å². The van der Waals surface area contributed by atoms with Crippen LogP contribution in [0.3, 0.4) is 0 Å². The van der Waals surface area contributed by atoms with Gasteiger partial charge < -0.3 is 10.1 Å². The Morgan fingerprint density at radius 3 is 2.39 bits per heavy atom. The summed E-state index contributed by atoms with van der Waals surface area (Å²) in [6, 6.07) is 18.8. The number of hydrogen-bond acceptors (Lipinski definition) is 5. The zero-order valence-electron chi connectivity index (χ0n) is 16.7. The Labute approximate surface area is 185 Å². The number of carbonyl (C=O) groups excluding carboxylic acids is 1. The molecule has 0 bridgehead atoms.